The number of amides is 1. The number of rotatable bonds is 5. The Morgan fingerprint density at radius 3 is 2.95 bits per heavy atom. The topological polar surface area (TPSA) is 72.9 Å². The summed E-state index contributed by atoms with van der Waals surface area (Å²) in [6.45, 7) is 2.10. The number of carbonyl (C=O) groups excluding carboxylic acids is 1. The van der Waals surface area contributed by atoms with Crippen molar-refractivity contribution in [3.8, 4) is 0 Å². The van der Waals surface area contributed by atoms with Gasteiger partial charge in [-0.3, -0.25) is 9.48 Å². The molecule has 1 atom stereocenters. The molecule has 0 aromatic carbocycles. The summed E-state index contributed by atoms with van der Waals surface area (Å²) in [5.74, 6) is -0.218. The Balaban J connectivity index is 2.13. The first kappa shape index (κ1) is 13.6. The molecular formula is C13H18N4OS. The van der Waals surface area contributed by atoms with Crippen molar-refractivity contribution in [2.75, 3.05) is 5.73 Å². The number of hydrogen-bond acceptors (Lipinski definition) is 4. The maximum Gasteiger partial charge on any atom is 0.274 e. The lowest BCUT2D eigenvalue weighted by Crippen LogP contribution is -2.29. The van der Waals surface area contributed by atoms with Crippen molar-refractivity contribution in [2.24, 2.45) is 7.05 Å². The number of nitrogens with two attached hydrogens (primary N) is 1. The van der Waals surface area contributed by atoms with E-state index >= 15 is 0 Å². The van der Waals surface area contributed by atoms with Crippen LogP contribution in [-0.2, 0) is 7.05 Å². The number of aryl methyl sites for hydroxylation is 1. The predicted octanol–water partition coefficient (Wildman–Crippen LogP) is 2.33. The highest BCUT2D eigenvalue weighted by Crippen LogP contribution is 2.24. The van der Waals surface area contributed by atoms with E-state index in [9.17, 15) is 4.79 Å². The van der Waals surface area contributed by atoms with Crippen molar-refractivity contribution in [1.82, 2.24) is 15.1 Å². The fraction of sp³-hybridized carbons (Fsp3) is 0.385. The largest absolute Gasteiger partial charge is 0.396 e. The molecule has 0 spiro atoms. The lowest BCUT2D eigenvalue weighted by Gasteiger charge is -2.16. The van der Waals surface area contributed by atoms with Gasteiger partial charge in [-0.1, -0.05) is 19.4 Å². The van der Waals surface area contributed by atoms with Crippen molar-refractivity contribution in [3.63, 3.8) is 0 Å². The van der Waals surface area contributed by atoms with Crippen LogP contribution in [0.2, 0.25) is 0 Å². The second-order valence-electron chi connectivity index (χ2n) is 4.44. The van der Waals surface area contributed by atoms with E-state index in [0.29, 0.717) is 11.4 Å². The monoisotopic (exact) mass is 278 g/mol. The Bertz CT molecular complexity index is 547. The molecule has 5 nitrogen and oxygen atoms in total. The van der Waals surface area contributed by atoms with Gasteiger partial charge in [0.2, 0.25) is 0 Å². The van der Waals surface area contributed by atoms with Gasteiger partial charge in [-0.15, -0.1) is 11.3 Å². The minimum absolute atomic E-state index is 0.0268. The minimum Gasteiger partial charge on any atom is -0.396 e. The highest BCUT2D eigenvalue weighted by Gasteiger charge is 2.19. The van der Waals surface area contributed by atoms with Gasteiger partial charge in [0.05, 0.1) is 11.7 Å². The molecule has 2 heterocycles. The Hall–Kier alpha value is -1.82. The molecule has 102 valence electrons. The van der Waals surface area contributed by atoms with Crippen molar-refractivity contribution in [1.29, 1.82) is 0 Å². The molecule has 3 N–H and O–H groups in total. The lowest BCUT2D eigenvalue weighted by atomic mass is 10.1. The van der Waals surface area contributed by atoms with Gasteiger partial charge in [-0.2, -0.15) is 5.10 Å². The first-order chi connectivity index (χ1) is 9.11. The number of nitrogens with one attached hydrogen (secondary N) is 1. The number of carbonyl (C=O) groups is 1. The second-order valence-corrected chi connectivity index (χ2v) is 5.42. The van der Waals surface area contributed by atoms with Crippen LogP contribution in [0, 0.1) is 0 Å². The van der Waals surface area contributed by atoms with E-state index in [1.54, 1.807) is 29.3 Å². The summed E-state index contributed by atoms with van der Waals surface area (Å²) in [6, 6.07) is 4.05. The van der Waals surface area contributed by atoms with Crippen LogP contribution in [0.1, 0.15) is 41.2 Å². The molecule has 0 saturated carbocycles. The van der Waals surface area contributed by atoms with Crippen molar-refractivity contribution in [2.45, 2.75) is 25.8 Å². The van der Waals surface area contributed by atoms with Gasteiger partial charge in [0, 0.05) is 18.1 Å². The lowest BCUT2D eigenvalue weighted by molar-refractivity contribution is 0.0930. The molecular weight excluding hydrogens is 260 g/mol. The minimum atomic E-state index is -0.218. The molecule has 19 heavy (non-hydrogen) atoms. The number of anilines is 1. The Morgan fingerprint density at radius 2 is 2.42 bits per heavy atom. The molecule has 0 saturated heterocycles. The van der Waals surface area contributed by atoms with Gasteiger partial charge in [0.15, 0.2) is 5.69 Å². The van der Waals surface area contributed by atoms with E-state index in [0.717, 1.165) is 17.7 Å². The third-order valence-corrected chi connectivity index (χ3v) is 3.83. The second kappa shape index (κ2) is 5.88. The third-order valence-electron chi connectivity index (χ3n) is 2.84. The van der Waals surface area contributed by atoms with Gasteiger partial charge < -0.3 is 11.1 Å². The molecule has 2 aromatic rings. The fourth-order valence-electron chi connectivity index (χ4n) is 1.97. The highest BCUT2D eigenvalue weighted by atomic mass is 32.1. The number of hydrogen-bond donors (Lipinski definition) is 2. The van der Waals surface area contributed by atoms with Crippen LogP contribution in [0.15, 0.2) is 23.7 Å². The number of thiophene rings is 1. The molecule has 0 aliphatic heterocycles. The molecule has 1 unspecified atom stereocenters. The average Bonchev–Trinajstić information content (AvgIpc) is 2.98. The smallest absolute Gasteiger partial charge is 0.274 e. The zero-order chi connectivity index (χ0) is 13.8. The first-order valence-corrected chi connectivity index (χ1v) is 7.13. The summed E-state index contributed by atoms with van der Waals surface area (Å²) < 4.78 is 1.55. The predicted molar refractivity (Wildman–Crippen MR) is 77.1 cm³/mol. The van der Waals surface area contributed by atoms with Crippen LogP contribution in [0.4, 0.5) is 5.69 Å². The van der Waals surface area contributed by atoms with Crippen molar-refractivity contribution < 1.29 is 4.79 Å². The Kier molecular flexibility index (Phi) is 4.21. The summed E-state index contributed by atoms with van der Waals surface area (Å²) in [7, 11) is 1.75. The maximum absolute atomic E-state index is 12.2. The Labute approximate surface area is 116 Å². The van der Waals surface area contributed by atoms with Crippen LogP contribution < -0.4 is 11.1 Å². The summed E-state index contributed by atoms with van der Waals surface area (Å²) in [6.07, 6.45) is 3.54. The molecule has 2 aromatic heterocycles. The molecule has 1 amide bonds. The summed E-state index contributed by atoms with van der Waals surface area (Å²) in [5, 5.41) is 9.11. The van der Waals surface area contributed by atoms with Crippen LogP contribution in [0.25, 0.3) is 0 Å². The number of nitrogen functional groups attached to an aromatic ring is 1. The van der Waals surface area contributed by atoms with Crippen molar-refractivity contribution >= 4 is 22.9 Å². The van der Waals surface area contributed by atoms with E-state index in [1.807, 2.05) is 17.5 Å². The van der Waals surface area contributed by atoms with Crippen LogP contribution >= 0.6 is 11.3 Å². The van der Waals surface area contributed by atoms with Gasteiger partial charge in [-0.25, -0.2) is 0 Å². The number of nitrogens with zero attached hydrogens (tertiary/aromatic N) is 2. The normalized spacial score (nSPS) is 12.3. The fourth-order valence-corrected chi connectivity index (χ4v) is 2.79. The average molecular weight is 278 g/mol. The molecule has 0 aliphatic rings. The Morgan fingerprint density at radius 1 is 1.63 bits per heavy atom. The maximum atomic E-state index is 12.2. The van der Waals surface area contributed by atoms with Gasteiger partial charge in [0.1, 0.15) is 0 Å². The zero-order valence-electron chi connectivity index (χ0n) is 11.1. The van der Waals surface area contributed by atoms with E-state index in [4.69, 9.17) is 5.73 Å². The van der Waals surface area contributed by atoms with Crippen LogP contribution in [0.3, 0.4) is 0 Å². The third kappa shape index (κ3) is 3.14. The molecule has 0 aliphatic carbocycles. The number of aromatic nitrogens is 2. The SMILES string of the molecule is CCCC(NC(=O)c1nn(C)cc1N)c1cccs1. The molecule has 0 fully saturated rings. The molecule has 0 bridgehead atoms. The van der Waals surface area contributed by atoms with Gasteiger partial charge in [0.25, 0.3) is 5.91 Å². The summed E-state index contributed by atoms with van der Waals surface area (Å²) >= 11 is 1.65. The standard InChI is InChI=1S/C13H18N4OS/c1-3-5-10(11-6-4-7-19-11)15-13(18)12-9(14)8-17(2)16-12/h4,6-8,10H,3,5,14H2,1-2H3,(H,15,18). The highest BCUT2D eigenvalue weighted by molar-refractivity contribution is 7.10. The van der Waals surface area contributed by atoms with Gasteiger partial charge >= 0.3 is 0 Å². The van der Waals surface area contributed by atoms with Crippen LogP contribution in [-0.4, -0.2) is 15.7 Å². The van der Waals surface area contributed by atoms with E-state index in [2.05, 4.69) is 17.3 Å². The molecule has 0 radical (unpaired) electrons. The first-order valence-electron chi connectivity index (χ1n) is 6.25. The summed E-state index contributed by atoms with van der Waals surface area (Å²) in [5.41, 5.74) is 6.47. The molecule has 2 rings (SSSR count). The zero-order valence-corrected chi connectivity index (χ0v) is 11.9. The van der Waals surface area contributed by atoms with E-state index < -0.39 is 0 Å². The van der Waals surface area contributed by atoms with E-state index in [-0.39, 0.29) is 11.9 Å². The van der Waals surface area contributed by atoms with Crippen LogP contribution in [0.5, 0.6) is 0 Å². The van der Waals surface area contributed by atoms with Gasteiger partial charge in [-0.05, 0) is 17.9 Å². The summed E-state index contributed by atoms with van der Waals surface area (Å²) in [4.78, 5) is 13.4. The van der Waals surface area contributed by atoms with Crippen molar-refractivity contribution in [3.05, 3.63) is 34.3 Å². The molecule has 6 heteroatoms. The van der Waals surface area contributed by atoms with E-state index in [1.165, 1.54) is 0 Å². The quantitative estimate of drug-likeness (QED) is 0.881.